The molecule has 0 aliphatic carbocycles. The molecule has 0 saturated heterocycles. The van der Waals surface area contributed by atoms with Crippen LogP contribution in [0, 0.1) is 5.82 Å². The van der Waals surface area contributed by atoms with Crippen LogP contribution in [0.5, 0.6) is 11.5 Å². The molecule has 1 unspecified atom stereocenters. The first-order valence-electron chi connectivity index (χ1n) is 7.46. The van der Waals surface area contributed by atoms with E-state index < -0.39 is 5.54 Å². The van der Waals surface area contributed by atoms with Crippen molar-refractivity contribution in [2.75, 3.05) is 20.8 Å². The molecule has 2 aromatic rings. The number of hydrogen-bond acceptors (Lipinski definition) is 4. The van der Waals surface area contributed by atoms with Crippen molar-refractivity contribution in [3.63, 3.8) is 0 Å². The molecule has 2 N–H and O–H groups in total. The van der Waals surface area contributed by atoms with Crippen molar-refractivity contribution in [1.29, 1.82) is 0 Å². The van der Waals surface area contributed by atoms with Gasteiger partial charge in [-0.1, -0.05) is 22.0 Å². The molecular formula is C18H21BrFNO3. The highest BCUT2D eigenvalue weighted by molar-refractivity contribution is 9.10. The molecule has 24 heavy (non-hydrogen) atoms. The van der Waals surface area contributed by atoms with Gasteiger partial charge in [-0.05, 0) is 31.2 Å². The van der Waals surface area contributed by atoms with E-state index in [1.165, 1.54) is 6.07 Å². The highest BCUT2D eigenvalue weighted by Gasteiger charge is 2.29. The molecule has 0 fully saturated rings. The summed E-state index contributed by atoms with van der Waals surface area (Å²) in [5, 5.41) is 13.1. The van der Waals surface area contributed by atoms with Crippen LogP contribution in [0.3, 0.4) is 0 Å². The molecule has 0 spiro atoms. The third-order valence-electron chi connectivity index (χ3n) is 4.00. The minimum atomic E-state index is -0.932. The van der Waals surface area contributed by atoms with E-state index in [0.717, 1.165) is 10.0 Å². The number of nitrogens with one attached hydrogen (secondary N) is 1. The van der Waals surface area contributed by atoms with Crippen LogP contribution in [0.1, 0.15) is 18.1 Å². The normalized spacial score (nSPS) is 13.4. The molecule has 0 aliphatic heterocycles. The van der Waals surface area contributed by atoms with Crippen molar-refractivity contribution in [2.45, 2.75) is 19.0 Å². The average Bonchev–Trinajstić information content (AvgIpc) is 2.61. The number of ether oxygens (including phenoxy) is 2. The van der Waals surface area contributed by atoms with E-state index in [0.29, 0.717) is 23.6 Å². The van der Waals surface area contributed by atoms with Gasteiger partial charge in [0.2, 0.25) is 0 Å². The van der Waals surface area contributed by atoms with Gasteiger partial charge in [-0.25, -0.2) is 4.39 Å². The lowest BCUT2D eigenvalue weighted by atomic mass is 9.92. The van der Waals surface area contributed by atoms with Crippen LogP contribution in [-0.4, -0.2) is 25.9 Å². The molecule has 0 heterocycles. The van der Waals surface area contributed by atoms with Crippen LogP contribution in [0.4, 0.5) is 4.39 Å². The first kappa shape index (κ1) is 18.7. The zero-order valence-electron chi connectivity index (χ0n) is 13.9. The summed E-state index contributed by atoms with van der Waals surface area (Å²) in [6.07, 6.45) is 0. The van der Waals surface area contributed by atoms with Gasteiger partial charge < -0.3 is 19.9 Å². The summed E-state index contributed by atoms with van der Waals surface area (Å²) < 4.78 is 25.5. The van der Waals surface area contributed by atoms with Gasteiger partial charge in [-0.3, -0.25) is 0 Å². The molecular weight excluding hydrogens is 377 g/mol. The molecule has 0 radical (unpaired) electrons. The van der Waals surface area contributed by atoms with Crippen LogP contribution >= 0.6 is 15.9 Å². The fourth-order valence-electron chi connectivity index (χ4n) is 2.44. The quantitative estimate of drug-likeness (QED) is 0.749. The third-order valence-corrected chi connectivity index (χ3v) is 4.50. The second-order valence-corrected chi connectivity index (χ2v) is 6.56. The van der Waals surface area contributed by atoms with E-state index in [9.17, 15) is 9.50 Å². The van der Waals surface area contributed by atoms with E-state index in [1.807, 2.05) is 12.1 Å². The van der Waals surface area contributed by atoms with Gasteiger partial charge in [0.15, 0.2) is 0 Å². The molecule has 0 aromatic heterocycles. The molecule has 0 amide bonds. The summed E-state index contributed by atoms with van der Waals surface area (Å²) in [5.74, 6) is 0.986. The van der Waals surface area contributed by atoms with Crippen molar-refractivity contribution >= 4 is 15.9 Å². The van der Waals surface area contributed by atoms with E-state index in [1.54, 1.807) is 39.3 Å². The number of rotatable bonds is 7. The molecule has 0 bridgehead atoms. The van der Waals surface area contributed by atoms with Crippen molar-refractivity contribution in [2.24, 2.45) is 0 Å². The Bertz CT molecular complexity index is 711. The minimum absolute atomic E-state index is 0.251. The van der Waals surface area contributed by atoms with Gasteiger partial charge >= 0.3 is 0 Å². The van der Waals surface area contributed by atoms with E-state index in [-0.39, 0.29) is 12.4 Å². The molecule has 2 aromatic carbocycles. The Labute approximate surface area is 149 Å². The summed E-state index contributed by atoms with van der Waals surface area (Å²) >= 11 is 3.34. The van der Waals surface area contributed by atoms with Crippen LogP contribution in [0.15, 0.2) is 40.9 Å². The second kappa shape index (κ2) is 7.96. The largest absolute Gasteiger partial charge is 0.497 e. The lowest BCUT2D eigenvalue weighted by Crippen LogP contribution is -2.43. The summed E-state index contributed by atoms with van der Waals surface area (Å²) in [7, 11) is 3.17. The van der Waals surface area contributed by atoms with Crippen LogP contribution in [-0.2, 0) is 12.1 Å². The van der Waals surface area contributed by atoms with Gasteiger partial charge in [0.25, 0.3) is 0 Å². The summed E-state index contributed by atoms with van der Waals surface area (Å²) in [6, 6.07) is 10.2. The molecule has 2 rings (SSSR count). The van der Waals surface area contributed by atoms with Crippen molar-refractivity contribution < 1.29 is 19.0 Å². The van der Waals surface area contributed by atoms with E-state index in [4.69, 9.17) is 9.47 Å². The fraction of sp³-hybridized carbons (Fsp3) is 0.333. The highest BCUT2D eigenvalue weighted by Crippen LogP contribution is 2.29. The zero-order chi connectivity index (χ0) is 17.7. The Kier molecular flexibility index (Phi) is 6.21. The smallest absolute Gasteiger partial charge is 0.128 e. The predicted octanol–water partition coefficient (Wildman–Crippen LogP) is 3.60. The highest BCUT2D eigenvalue weighted by atomic mass is 79.9. The maximum Gasteiger partial charge on any atom is 0.128 e. The van der Waals surface area contributed by atoms with Crippen molar-refractivity contribution in [3.05, 3.63) is 57.8 Å². The van der Waals surface area contributed by atoms with Crippen molar-refractivity contribution in [3.8, 4) is 11.5 Å². The molecule has 4 nitrogen and oxygen atoms in total. The predicted molar refractivity (Wildman–Crippen MR) is 94.9 cm³/mol. The Hall–Kier alpha value is -1.63. The van der Waals surface area contributed by atoms with Gasteiger partial charge in [0.1, 0.15) is 17.3 Å². The molecule has 0 aliphatic rings. The third kappa shape index (κ3) is 4.06. The summed E-state index contributed by atoms with van der Waals surface area (Å²) in [6.45, 7) is 1.91. The standard InChI is InChI=1S/C18H21BrFNO3/c1-18(11-22,15-8-13(19)5-7-16(15)20)21-10-12-4-6-14(23-2)9-17(12)24-3/h4-9,21-22H,10-11H2,1-3H3. The first-order chi connectivity index (χ1) is 11.4. The monoisotopic (exact) mass is 397 g/mol. The van der Waals surface area contributed by atoms with E-state index in [2.05, 4.69) is 21.2 Å². The maximum atomic E-state index is 14.2. The Morgan fingerprint density at radius 2 is 1.92 bits per heavy atom. The first-order valence-corrected chi connectivity index (χ1v) is 8.25. The number of hydrogen-bond donors (Lipinski definition) is 2. The fourth-order valence-corrected chi connectivity index (χ4v) is 2.81. The summed E-state index contributed by atoms with van der Waals surface area (Å²) in [5.41, 5.74) is 0.346. The number of methoxy groups -OCH3 is 2. The van der Waals surface area contributed by atoms with Gasteiger partial charge in [-0.15, -0.1) is 0 Å². The number of aliphatic hydroxyl groups excluding tert-OH is 1. The van der Waals surface area contributed by atoms with Crippen LogP contribution < -0.4 is 14.8 Å². The second-order valence-electron chi connectivity index (χ2n) is 5.65. The summed E-state index contributed by atoms with van der Waals surface area (Å²) in [4.78, 5) is 0. The topological polar surface area (TPSA) is 50.7 Å². The molecule has 6 heteroatoms. The number of benzene rings is 2. The van der Waals surface area contributed by atoms with Gasteiger partial charge in [0.05, 0.1) is 26.4 Å². The Balaban J connectivity index is 2.26. The number of halogens is 2. The van der Waals surface area contributed by atoms with Crippen molar-refractivity contribution in [1.82, 2.24) is 5.32 Å². The molecule has 130 valence electrons. The minimum Gasteiger partial charge on any atom is -0.497 e. The van der Waals surface area contributed by atoms with Crippen LogP contribution in [0.25, 0.3) is 0 Å². The van der Waals surface area contributed by atoms with Crippen LogP contribution in [0.2, 0.25) is 0 Å². The van der Waals surface area contributed by atoms with E-state index >= 15 is 0 Å². The molecule has 1 atom stereocenters. The average molecular weight is 398 g/mol. The lowest BCUT2D eigenvalue weighted by Gasteiger charge is -2.30. The maximum absolute atomic E-state index is 14.2. The zero-order valence-corrected chi connectivity index (χ0v) is 15.5. The van der Waals surface area contributed by atoms with Gasteiger partial charge in [-0.2, -0.15) is 0 Å². The Morgan fingerprint density at radius 1 is 1.17 bits per heavy atom. The number of aliphatic hydroxyl groups is 1. The lowest BCUT2D eigenvalue weighted by molar-refractivity contribution is 0.169. The van der Waals surface area contributed by atoms with Gasteiger partial charge in [0, 0.05) is 28.2 Å². The molecule has 0 saturated carbocycles. The Morgan fingerprint density at radius 3 is 2.54 bits per heavy atom. The SMILES string of the molecule is COc1ccc(CNC(C)(CO)c2cc(Br)ccc2F)c(OC)c1.